The molecule has 2 aliphatic heterocycles. The maximum absolute atomic E-state index is 12.7. The lowest BCUT2D eigenvalue weighted by Crippen LogP contribution is -2.48. The summed E-state index contributed by atoms with van der Waals surface area (Å²) in [6.45, 7) is 11.5. The Morgan fingerprint density at radius 1 is 0.906 bits per heavy atom. The third kappa shape index (κ3) is 6.08. The van der Waals surface area contributed by atoms with Gasteiger partial charge >= 0.3 is 0 Å². The number of rotatable bonds is 7. The van der Waals surface area contributed by atoms with Crippen LogP contribution in [0.2, 0.25) is 0 Å². The number of nitrogens with one attached hydrogen (secondary N) is 1. The van der Waals surface area contributed by atoms with E-state index in [9.17, 15) is 4.79 Å². The van der Waals surface area contributed by atoms with Gasteiger partial charge in [0.2, 0.25) is 0 Å². The molecule has 0 bridgehead atoms. The normalized spacial score (nSPS) is 18.3. The molecule has 4 rings (SSSR count). The van der Waals surface area contributed by atoms with Crippen molar-refractivity contribution in [3.63, 3.8) is 0 Å². The van der Waals surface area contributed by atoms with Crippen molar-refractivity contribution < 1.29 is 4.79 Å². The number of pyridine rings is 1. The van der Waals surface area contributed by atoms with Crippen LogP contribution in [0.25, 0.3) is 11.1 Å². The zero-order chi connectivity index (χ0) is 22.2. The third-order valence-corrected chi connectivity index (χ3v) is 6.76. The number of hydrogen-bond acceptors (Lipinski definition) is 5. The summed E-state index contributed by atoms with van der Waals surface area (Å²) in [6, 6.07) is 12.1. The molecule has 2 fully saturated rings. The van der Waals surface area contributed by atoms with Crippen molar-refractivity contribution >= 4 is 11.7 Å². The first-order valence-corrected chi connectivity index (χ1v) is 12.3. The fourth-order valence-corrected chi connectivity index (χ4v) is 4.64. The molecule has 2 aromatic rings. The minimum absolute atomic E-state index is 0.00631. The SMILES string of the molecule is CCN1CCN(CCNC(=O)c2cccc(-c3ccc(N4CCCCCC4)nc3)c2)CC1. The molecule has 6 heteroatoms. The Bertz CT molecular complexity index is 853. The van der Waals surface area contributed by atoms with E-state index in [1.807, 2.05) is 30.5 Å². The quantitative estimate of drug-likeness (QED) is 0.721. The van der Waals surface area contributed by atoms with Gasteiger partial charge in [0.1, 0.15) is 5.82 Å². The van der Waals surface area contributed by atoms with E-state index in [1.165, 1.54) is 25.7 Å². The molecule has 0 radical (unpaired) electrons. The first kappa shape index (κ1) is 22.7. The number of likely N-dealkylation sites (N-methyl/N-ethyl adjacent to an activating group) is 1. The van der Waals surface area contributed by atoms with Gasteiger partial charge in [0.05, 0.1) is 0 Å². The van der Waals surface area contributed by atoms with Crippen LogP contribution in [0.3, 0.4) is 0 Å². The summed E-state index contributed by atoms with van der Waals surface area (Å²) in [5.74, 6) is 1.05. The first-order chi connectivity index (χ1) is 15.7. The van der Waals surface area contributed by atoms with E-state index in [2.05, 4.69) is 39.1 Å². The summed E-state index contributed by atoms with van der Waals surface area (Å²) in [4.78, 5) is 24.7. The Kier molecular flexibility index (Phi) is 8.13. The molecule has 2 saturated heterocycles. The molecular formula is C26H37N5O. The van der Waals surface area contributed by atoms with Crippen molar-refractivity contribution in [2.75, 3.05) is 63.8 Å². The zero-order valence-electron chi connectivity index (χ0n) is 19.4. The number of nitrogens with zero attached hydrogens (tertiary/aromatic N) is 4. The molecule has 1 N–H and O–H groups in total. The number of anilines is 1. The Labute approximate surface area is 192 Å². The predicted octanol–water partition coefficient (Wildman–Crippen LogP) is 3.50. The number of carbonyl (C=O) groups excluding carboxylic acids is 1. The van der Waals surface area contributed by atoms with Crippen LogP contribution in [0.1, 0.15) is 43.0 Å². The number of hydrogen-bond donors (Lipinski definition) is 1. The standard InChI is InChI=1S/C26H37N5O/c1-2-29-16-18-30(19-17-29)15-12-27-26(32)23-9-7-8-22(20-23)24-10-11-25(28-21-24)31-13-5-3-4-6-14-31/h7-11,20-21H,2-6,12-19H2,1H3,(H,27,32). The third-order valence-electron chi connectivity index (χ3n) is 6.76. The van der Waals surface area contributed by atoms with Crippen molar-refractivity contribution in [1.29, 1.82) is 0 Å². The highest BCUT2D eigenvalue weighted by Crippen LogP contribution is 2.23. The summed E-state index contributed by atoms with van der Waals surface area (Å²) in [6.07, 6.45) is 7.07. The molecule has 0 unspecified atom stereocenters. The van der Waals surface area contributed by atoms with E-state index < -0.39 is 0 Å². The molecule has 32 heavy (non-hydrogen) atoms. The molecule has 2 aliphatic rings. The Morgan fingerprint density at radius 2 is 1.66 bits per heavy atom. The van der Waals surface area contributed by atoms with Crippen LogP contribution in [-0.2, 0) is 0 Å². The Morgan fingerprint density at radius 3 is 2.34 bits per heavy atom. The lowest BCUT2D eigenvalue weighted by atomic mass is 10.0. The van der Waals surface area contributed by atoms with Crippen molar-refractivity contribution in [1.82, 2.24) is 20.1 Å². The molecule has 1 amide bonds. The van der Waals surface area contributed by atoms with Gasteiger partial charge < -0.3 is 15.1 Å². The van der Waals surface area contributed by atoms with Gasteiger partial charge in [0, 0.05) is 69.7 Å². The summed E-state index contributed by atoms with van der Waals surface area (Å²) < 4.78 is 0. The fourth-order valence-electron chi connectivity index (χ4n) is 4.64. The zero-order valence-corrected chi connectivity index (χ0v) is 19.4. The minimum atomic E-state index is -0.00631. The lowest BCUT2D eigenvalue weighted by molar-refractivity contribution is 0.0938. The van der Waals surface area contributed by atoms with Crippen LogP contribution in [0.15, 0.2) is 42.6 Å². The number of aromatic nitrogens is 1. The molecule has 6 nitrogen and oxygen atoms in total. The van der Waals surface area contributed by atoms with E-state index in [0.717, 1.165) is 69.3 Å². The van der Waals surface area contributed by atoms with Gasteiger partial charge in [-0.1, -0.05) is 31.9 Å². The highest BCUT2D eigenvalue weighted by molar-refractivity contribution is 5.95. The topological polar surface area (TPSA) is 51.7 Å². The second kappa shape index (κ2) is 11.4. The average Bonchev–Trinajstić information content (AvgIpc) is 3.14. The van der Waals surface area contributed by atoms with Crippen molar-refractivity contribution in [2.45, 2.75) is 32.6 Å². The van der Waals surface area contributed by atoms with Gasteiger partial charge in [0.25, 0.3) is 5.91 Å². The monoisotopic (exact) mass is 435 g/mol. The van der Waals surface area contributed by atoms with Gasteiger partial charge in [-0.3, -0.25) is 9.69 Å². The molecule has 0 spiro atoms. The highest BCUT2D eigenvalue weighted by atomic mass is 16.1. The van der Waals surface area contributed by atoms with Crippen LogP contribution in [-0.4, -0.2) is 79.6 Å². The minimum Gasteiger partial charge on any atom is -0.357 e. The lowest BCUT2D eigenvalue weighted by Gasteiger charge is -2.33. The molecular weight excluding hydrogens is 398 g/mol. The highest BCUT2D eigenvalue weighted by Gasteiger charge is 2.16. The van der Waals surface area contributed by atoms with E-state index in [1.54, 1.807) is 0 Å². The second-order valence-electron chi connectivity index (χ2n) is 8.92. The van der Waals surface area contributed by atoms with Gasteiger partial charge in [-0.05, 0) is 49.2 Å². The van der Waals surface area contributed by atoms with Crippen LogP contribution < -0.4 is 10.2 Å². The second-order valence-corrected chi connectivity index (χ2v) is 8.92. The molecule has 0 aliphatic carbocycles. The van der Waals surface area contributed by atoms with Crippen LogP contribution >= 0.6 is 0 Å². The first-order valence-electron chi connectivity index (χ1n) is 12.3. The van der Waals surface area contributed by atoms with Crippen LogP contribution in [0.5, 0.6) is 0 Å². The number of carbonyl (C=O) groups is 1. The van der Waals surface area contributed by atoms with E-state index >= 15 is 0 Å². The summed E-state index contributed by atoms with van der Waals surface area (Å²) in [5.41, 5.74) is 2.78. The van der Waals surface area contributed by atoms with Crippen LogP contribution in [0, 0.1) is 0 Å². The summed E-state index contributed by atoms with van der Waals surface area (Å²) in [5, 5.41) is 3.09. The van der Waals surface area contributed by atoms with Gasteiger partial charge in [-0.2, -0.15) is 0 Å². The maximum Gasteiger partial charge on any atom is 0.251 e. The van der Waals surface area contributed by atoms with Crippen LogP contribution in [0.4, 0.5) is 5.82 Å². The van der Waals surface area contributed by atoms with E-state index in [0.29, 0.717) is 12.1 Å². The number of benzene rings is 1. The van der Waals surface area contributed by atoms with Crippen molar-refractivity contribution in [2.24, 2.45) is 0 Å². The molecule has 1 aromatic heterocycles. The Balaban J connectivity index is 1.31. The number of amides is 1. The number of piperazine rings is 1. The van der Waals surface area contributed by atoms with Crippen molar-refractivity contribution in [3.8, 4) is 11.1 Å². The summed E-state index contributed by atoms with van der Waals surface area (Å²) in [7, 11) is 0. The maximum atomic E-state index is 12.7. The average molecular weight is 436 g/mol. The van der Waals surface area contributed by atoms with E-state index in [-0.39, 0.29) is 5.91 Å². The van der Waals surface area contributed by atoms with Gasteiger partial charge in [-0.15, -0.1) is 0 Å². The van der Waals surface area contributed by atoms with Gasteiger partial charge in [0.15, 0.2) is 0 Å². The molecule has 3 heterocycles. The fraction of sp³-hybridized carbons (Fsp3) is 0.538. The van der Waals surface area contributed by atoms with E-state index in [4.69, 9.17) is 4.98 Å². The summed E-state index contributed by atoms with van der Waals surface area (Å²) >= 11 is 0. The largest absolute Gasteiger partial charge is 0.357 e. The molecule has 0 saturated carbocycles. The van der Waals surface area contributed by atoms with Gasteiger partial charge in [-0.25, -0.2) is 4.98 Å². The molecule has 0 atom stereocenters. The predicted molar refractivity (Wildman–Crippen MR) is 131 cm³/mol. The van der Waals surface area contributed by atoms with Crippen molar-refractivity contribution in [3.05, 3.63) is 48.2 Å². The Hall–Kier alpha value is -2.44. The molecule has 1 aromatic carbocycles. The smallest absolute Gasteiger partial charge is 0.251 e. The molecule has 172 valence electrons.